The molecule has 1 aromatic heterocycles. The summed E-state index contributed by atoms with van der Waals surface area (Å²) >= 11 is 0. The van der Waals surface area contributed by atoms with Gasteiger partial charge in [0.1, 0.15) is 11.6 Å². The Kier molecular flexibility index (Phi) is 6.53. The third-order valence-electron chi connectivity index (χ3n) is 3.53. The molecule has 1 atom stereocenters. The number of hydrogen-bond donors (Lipinski definition) is 2. The molecule has 0 bridgehead atoms. The molecule has 0 saturated carbocycles. The minimum absolute atomic E-state index is 0.0726. The lowest BCUT2D eigenvalue weighted by Crippen LogP contribution is -2.31. The highest BCUT2D eigenvalue weighted by Crippen LogP contribution is 2.15. The lowest BCUT2D eigenvalue weighted by Gasteiger charge is -2.16. The van der Waals surface area contributed by atoms with Crippen molar-refractivity contribution in [2.75, 3.05) is 11.9 Å². The zero-order valence-corrected chi connectivity index (χ0v) is 15.3. The normalized spacial score (nSPS) is 11.7. The Morgan fingerprint density at radius 1 is 1.15 bits per heavy atom. The largest absolute Gasteiger partial charge is 0.484 e. The fourth-order valence-corrected chi connectivity index (χ4v) is 2.18. The van der Waals surface area contributed by atoms with Gasteiger partial charge in [-0.15, -0.1) is 0 Å². The standard InChI is InChI=1S/C18H22N4O5/c1-11(2)22-16(8-9-20-22)21-17(24)12(3)27-18(25)13-4-6-14(7-5-13)26-10-15(19)23/h4-9,11-12H,10H2,1-3H3,(H2,19,23)(H,21,24)/t12-/m0/s1. The van der Waals surface area contributed by atoms with Crippen LogP contribution < -0.4 is 15.8 Å². The van der Waals surface area contributed by atoms with Crippen molar-refractivity contribution in [2.24, 2.45) is 5.73 Å². The Labute approximate surface area is 156 Å². The molecular weight excluding hydrogens is 352 g/mol. The quantitative estimate of drug-likeness (QED) is 0.675. The van der Waals surface area contributed by atoms with E-state index in [0.29, 0.717) is 11.6 Å². The van der Waals surface area contributed by atoms with Gasteiger partial charge in [-0.05, 0) is 45.0 Å². The number of ether oxygens (including phenoxy) is 2. The zero-order valence-electron chi connectivity index (χ0n) is 15.3. The van der Waals surface area contributed by atoms with Crippen LogP contribution >= 0.6 is 0 Å². The molecule has 0 aliphatic heterocycles. The van der Waals surface area contributed by atoms with E-state index in [-0.39, 0.29) is 18.2 Å². The molecule has 0 spiro atoms. The minimum atomic E-state index is -1.00. The molecule has 0 aliphatic rings. The number of benzene rings is 1. The lowest BCUT2D eigenvalue weighted by atomic mass is 10.2. The number of hydrogen-bond acceptors (Lipinski definition) is 6. The van der Waals surface area contributed by atoms with Gasteiger partial charge in [-0.2, -0.15) is 5.10 Å². The highest BCUT2D eigenvalue weighted by molar-refractivity contribution is 5.96. The average molecular weight is 374 g/mol. The number of anilines is 1. The van der Waals surface area contributed by atoms with Gasteiger partial charge in [-0.25, -0.2) is 9.48 Å². The lowest BCUT2D eigenvalue weighted by molar-refractivity contribution is -0.123. The van der Waals surface area contributed by atoms with E-state index in [1.54, 1.807) is 16.9 Å². The van der Waals surface area contributed by atoms with Crippen molar-refractivity contribution in [3.63, 3.8) is 0 Å². The molecule has 1 heterocycles. The van der Waals surface area contributed by atoms with Crippen molar-refractivity contribution in [3.8, 4) is 5.75 Å². The highest BCUT2D eigenvalue weighted by atomic mass is 16.5. The molecule has 0 radical (unpaired) electrons. The van der Waals surface area contributed by atoms with Gasteiger partial charge < -0.3 is 20.5 Å². The Hall–Kier alpha value is -3.36. The predicted molar refractivity (Wildman–Crippen MR) is 97.3 cm³/mol. The molecule has 9 nitrogen and oxygen atoms in total. The fraction of sp³-hybridized carbons (Fsp3) is 0.333. The molecule has 0 saturated heterocycles. The number of rotatable bonds is 8. The summed E-state index contributed by atoms with van der Waals surface area (Å²) in [7, 11) is 0. The number of nitrogens with one attached hydrogen (secondary N) is 1. The van der Waals surface area contributed by atoms with E-state index in [2.05, 4.69) is 10.4 Å². The molecule has 2 rings (SSSR count). The van der Waals surface area contributed by atoms with E-state index >= 15 is 0 Å². The van der Waals surface area contributed by atoms with Crippen molar-refractivity contribution >= 4 is 23.6 Å². The van der Waals surface area contributed by atoms with Crippen molar-refractivity contribution < 1.29 is 23.9 Å². The first-order valence-corrected chi connectivity index (χ1v) is 8.34. The van der Waals surface area contributed by atoms with Crippen LogP contribution in [0.2, 0.25) is 0 Å². The molecule has 144 valence electrons. The van der Waals surface area contributed by atoms with E-state index in [1.807, 2.05) is 13.8 Å². The molecule has 0 fully saturated rings. The summed E-state index contributed by atoms with van der Waals surface area (Å²) in [5.41, 5.74) is 5.24. The van der Waals surface area contributed by atoms with Crippen LogP contribution in [0.5, 0.6) is 5.75 Å². The molecule has 2 amide bonds. The van der Waals surface area contributed by atoms with Crippen molar-refractivity contribution in [2.45, 2.75) is 32.9 Å². The molecular formula is C18H22N4O5. The summed E-state index contributed by atoms with van der Waals surface area (Å²) < 4.78 is 12.0. The summed E-state index contributed by atoms with van der Waals surface area (Å²) in [6.07, 6.45) is 0.576. The van der Waals surface area contributed by atoms with Gasteiger partial charge in [-0.1, -0.05) is 0 Å². The van der Waals surface area contributed by atoms with Crippen LogP contribution in [0.15, 0.2) is 36.5 Å². The summed E-state index contributed by atoms with van der Waals surface area (Å²) in [6, 6.07) is 7.69. The number of esters is 1. The number of carbonyl (C=O) groups is 3. The van der Waals surface area contributed by atoms with E-state index < -0.39 is 23.9 Å². The summed E-state index contributed by atoms with van der Waals surface area (Å²) in [4.78, 5) is 35.1. The van der Waals surface area contributed by atoms with Crippen LogP contribution in [0.25, 0.3) is 0 Å². The Bertz CT molecular complexity index is 813. The topological polar surface area (TPSA) is 126 Å². The Balaban J connectivity index is 1.93. The molecule has 3 N–H and O–H groups in total. The third-order valence-corrected chi connectivity index (χ3v) is 3.53. The van der Waals surface area contributed by atoms with E-state index in [4.69, 9.17) is 15.2 Å². The second kappa shape index (κ2) is 8.84. The Morgan fingerprint density at radius 2 is 1.81 bits per heavy atom. The number of aromatic nitrogens is 2. The van der Waals surface area contributed by atoms with Crippen LogP contribution in [0, 0.1) is 0 Å². The van der Waals surface area contributed by atoms with E-state index in [9.17, 15) is 14.4 Å². The molecule has 27 heavy (non-hydrogen) atoms. The number of nitrogens with two attached hydrogens (primary N) is 1. The monoisotopic (exact) mass is 374 g/mol. The highest BCUT2D eigenvalue weighted by Gasteiger charge is 2.20. The van der Waals surface area contributed by atoms with Gasteiger partial charge in [0.2, 0.25) is 0 Å². The van der Waals surface area contributed by atoms with Gasteiger partial charge in [0.25, 0.3) is 11.8 Å². The number of primary amides is 1. The maximum absolute atomic E-state index is 12.3. The van der Waals surface area contributed by atoms with E-state index in [1.165, 1.54) is 31.2 Å². The minimum Gasteiger partial charge on any atom is -0.484 e. The van der Waals surface area contributed by atoms with Gasteiger partial charge in [0.15, 0.2) is 12.7 Å². The first kappa shape index (κ1) is 20.0. The average Bonchev–Trinajstić information content (AvgIpc) is 3.08. The van der Waals surface area contributed by atoms with Gasteiger partial charge in [0.05, 0.1) is 11.8 Å². The van der Waals surface area contributed by atoms with Gasteiger partial charge in [-0.3, -0.25) is 9.59 Å². The number of nitrogens with zero attached hydrogens (tertiary/aromatic N) is 2. The van der Waals surface area contributed by atoms with Crippen molar-refractivity contribution in [3.05, 3.63) is 42.1 Å². The maximum atomic E-state index is 12.3. The SMILES string of the molecule is CC(C)n1nccc1NC(=O)[C@H](C)OC(=O)c1ccc(OCC(N)=O)cc1. The van der Waals surface area contributed by atoms with E-state index in [0.717, 1.165) is 0 Å². The first-order valence-electron chi connectivity index (χ1n) is 8.34. The summed E-state index contributed by atoms with van der Waals surface area (Å²) in [6.45, 7) is 5.09. The maximum Gasteiger partial charge on any atom is 0.338 e. The molecule has 2 aromatic rings. The van der Waals surface area contributed by atoms with Crippen LogP contribution in [-0.2, 0) is 14.3 Å². The number of carbonyl (C=O) groups excluding carboxylic acids is 3. The molecule has 1 aromatic carbocycles. The molecule has 9 heteroatoms. The van der Waals surface area contributed by atoms with Crippen LogP contribution in [0.4, 0.5) is 5.82 Å². The zero-order chi connectivity index (χ0) is 20.0. The van der Waals surface area contributed by atoms with Crippen LogP contribution in [0.3, 0.4) is 0 Å². The Morgan fingerprint density at radius 3 is 2.41 bits per heavy atom. The molecule has 0 aliphatic carbocycles. The van der Waals surface area contributed by atoms with Crippen molar-refractivity contribution in [1.82, 2.24) is 9.78 Å². The predicted octanol–water partition coefficient (Wildman–Crippen LogP) is 1.51. The number of amides is 2. The molecule has 0 unspecified atom stereocenters. The summed E-state index contributed by atoms with van der Waals surface area (Å²) in [5, 5.41) is 6.81. The third kappa shape index (κ3) is 5.56. The van der Waals surface area contributed by atoms with Crippen LogP contribution in [0.1, 0.15) is 37.2 Å². The second-order valence-corrected chi connectivity index (χ2v) is 6.07. The second-order valence-electron chi connectivity index (χ2n) is 6.07. The van der Waals surface area contributed by atoms with Gasteiger partial charge in [0, 0.05) is 12.1 Å². The van der Waals surface area contributed by atoms with Gasteiger partial charge >= 0.3 is 5.97 Å². The first-order chi connectivity index (χ1) is 12.8. The smallest absolute Gasteiger partial charge is 0.338 e. The summed E-state index contributed by atoms with van der Waals surface area (Å²) in [5.74, 6) is -0.812. The van der Waals surface area contributed by atoms with Crippen molar-refractivity contribution in [1.29, 1.82) is 0 Å². The fourth-order valence-electron chi connectivity index (χ4n) is 2.18. The van der Waals surface area contributed by atoms with Crippen LogP contribution in [-0.4, -0.2) is 40.3 Å².